The third-order valence-electron chi connectivity index (χ3n) is 1.59. The molecule has 5 N–H and O–H groups in total. The van der Waals surface area contributed by atoms with E-state index in [-0.39, 0.29) is 0 Å². The van der Waals surface area contributed by atoms with E-state index >= 15 is 0 Å². The second kappa shape index (κ2) is 4.76. The molecular weight excluding hydrogens is 178 g/mol. The molecule has 72 valence electrons. The van der Waals surface area contributed by atoms with Crippen molar-refractivity contribution < 1.29 is 0 Å². The van der Waals surface area contributed by atoms with Gasteiger partial charge in [-0.1, -0.05) is 0 Å². The van der Waals surface area contributed by atoms with E-state index in [2.05, 4.69) is 9.98 Å². The van der Waals surface area contributed by atoms with Crippen LogP contribution in [0.15, 0.2) is 28.2 Å². The van der Waals surface area contributed by atoms with Gasteiger partial charge in [-0.2, -0.15) is 0 Å². The van der Waals surface area contributed by atoms with Crippen LogP contribution in [0.2, 0.25) is 0 Å². The van der Waals surface area contributed by atoms with Gasteiger partial charge in [-0.25, -0.2) is 9.98 Å². The molecule has 0 radical (unpaired) electrons. The fraction of sp³-hybridized carbons (Fsp3) is 0. The highest BCUT2D eigenvalue weighted by molar-refractivity contribution is 5.86. The molecule has 0 aliphatic carbocycles. The maximum Gasteiger partial charge on any atom is 0.117 e. The molecule has 0 saturated heterocycles. The number of rotatable bonds is 3. The van der Waals surface area contributed by atoms with Gasteiger partial charge >= 0.3 is 0 Å². The summed E-state index contributed by atoms with van der Waals surface area (Å²) < 4.78 is 0. The van der Waals surface area contributed by atoms with Crippen LogP contribution in [-0.2, 0) is 0 Å². The first kappa shape index (κ1) is 9.91. The minimum Gasteiger partial charge on any atom is -0.398 e. The molecule has 0 amide bonds. The number of anilines is 1. The molecule has 1 aromatic carbocycles. The second-order valence-electron chi connectivity index (χ2n) is 2.50. The number of nitrogen functional groups attached to an aromatic ring is 1. The van der Waals surface area contributed by atoms with Gasteiger partial charge in [0.05, 0.1) is 12.0 Å². The Bertz CT molecular complexity index is 381. The van der Waals surface area contributed by atoms with Gasteiger partial charge in [0.15, 0.2) is 0 Å². The predicted octanol–water partition coefficient (Wildman–Crippen LogP) is 0.913. The lowest BCUT2D eigenvalue weighted by Crippen LogP contribution is -1.91. The van der Waals surface area contributed by atoms with E-state index < -0.39 is 0 Å². The summed E-state index contributed by atoms with van der Waals surface area (Å²) in [5.41, 5.74) is 12.5. The third kappa shape index (κ3) is 2.41. The SMILES string of the molecule is N=Cc1cc(N=CN=CN)ccc1N. The Morgan fingerprint density at radius 1 is 1.36 bits per heavy atom. The van der Waals surface area contributed by atoms with Crippen molar-refractivity contribution in [2.75, 3.05) is 5.73 Å². The lowest BCUT2D eigenvalue weighted by Gasteiger charge is -1.99. The fourth-order valence-corrected chi connectivity index (χ4v) is 0.906. The monoisotopic (exact) mass is 189 g/mol. The highest BCUT2D eigenvalue weighted by Gasteiger charge is 1.96. The first-order valence-corrected chi connectivity index (χ1v) is 3.94. The molecule has 0 aromatic heterocycles. The summed E-state index contributed by atoms with van der Waals surface area (Å²) in [4.78, 5) is 7.60. The molecule has 0 bridgehead atoms. The van der Waals surface area contributed by atoms with Crippen molar-refractivity contribution in [3.05, 3.63) is 23.8 Å². The number of hydrogen-bond acceptors (Lipinski definition) is 3. The molecule has 0 atom stereocenters. The number of aliphatic imine (C=N–C) groups is 2. The van der Waals surface area contributed by atoms with Crippen LogP contribution in [-0.4, -0.2) is 18.9 Å². The zero-order valence-corrected chi connectivity index (χ0v) is 7.51. The largest absolute Gasteiger partial charge is 0.398 e. The maximum atomic E-state index is 7.09. The van der Waals surface area contributed by atoms with E-state index in [0.29, 0.717) is 16.9 Å². The minimum absolute atomic E-state index is 0.557. The van der Waals surface area contributed by atoms with Crippen LogP contribution in [0.4, 0.5) is 11.4 Å². The zero-order valence-electron chi connectivity index (χ0n) is 7.51. The van der Waals surface area contributed by atoms with Crippen LogP contribution in [0.1, 0.15) is 5.56 Å². The van der Waals surface area contributed by atoms with Crippen molar-refractivity contribution >= 4 is 30.3 Å². The van der Waals surface area contributed by atoms with Crippen LogP contribution < -0.4 is 11.5 Å². The van der Waals surface area contributed by atoms with Crippen LogP contribution in [0.3, 0.4) is 0 Å². The molecular formula is C9H11N5. The van der Waals surface area contributed by atoms with Gasteiger partial charge in [0, 0.05) is 17.5 Å². The molecule has 0 spiro atoms. The van der Waals surface area contributed by atoms with Gasteiger partial charge in [-0.15, -0.1) is 0 Å². The van der Waals surface area contributed by atoms with Gasteiger partial charge in [0.1, 0.15) is 6.34 Å². The molecule has 0 unspecified atom stereocenters. The maximum absolute atomic E-state index is 7.09. The van der Waals surface area contributed by atoms with Crippen molar-refractivity contribution in [1.82, 2.24) is 0 Å². The first-order valence-electron chi connectivity index (χ1n) is 3.94. The van der Waals surface area contributed by atoms with Crippen LogP contribution >= 0.6 is 0 Å². The highest BCUT2D eigenvalue weighted by Crippen LogP contribution is 2.18. The number of nitrogens with one attached hydrogen (secondary N) is 1. The number of hydrogen-bond donors (Lipinski definition) is 3. The van der Waals surface area contributed by atoms with Crippen LogP contribution in [0, 0.1) is 5.41 Å². The molecule has 14 heavy (non-hydrogen) atoms. The zero-order chi connectivity index (χ0) is 10.4. The van der Waals surface area contributed by atoms with Crippen molar-refractivity contribution in [2.24, 2.45) is 15.7 Å². The number of nitrogens with two attached hydrogens (primary N) is 2. The van der Waals surface area contributed by atoms with Gasteiger partial charge < -0.3 is 16.9 Å². The lowest BCUT2D eigenvalue weighted by atomic mass is 10.2. The Hall–Kier alpha value is -2.17. The van der Waals surface area contributed by atoms with E-state index in [1.54, 1.807) is 18.2 Å². The van der Waals surface area contributed by atoms with Crippen LogP contribution in [0.5, 0.6) is 0 Å². The molecule has 5 heteroatoms. The Labute approximate surface area is 81.7 Å². The van der Waals surface area contributed by atoms with Crippen molar-refractivity contribution in [3.8, 4) is 0 Å². The molecule has 0 heterocycles. The smallest absolute Gasteiger partial charge is 0.117 e. The molecule has 0 aliphatic heterocycles. The first-order chi connectivity index (χ1) is 6.77. The highest BCUT2D eigenvalue weighted by atomic mass is 14.9. The molecule has 5 nitrogen and oxygen atoms in total. The van der Waals surface area contributed by atoms with Gasteiger partial charge in [0.2, 0.25) is 0 Å². The fourth-order valence-electron chi connectivity index (χ4n) is 0.906. The molecule has 0 fully saturated rings. The Kier molecular flexibility index (Phi) is 3.37. The Morgan fingerprint density at radius 3 is 2.79 bits per heavy atom. The summed E-state index contributed by atoms with van der Waals surface area (Å²) in [6.07, 6.45) is 3.66. The number of benzene rings is 1. The quantitative estimate of drug-likeness (QED) is 0.374. The average Bonchev–Trinajstić information content (AvgIpc) is 2.21. The topological polar surface area (TPSA) is 101 Å². The van der Waals surface area contributed by atoms with Crippen molar-refractivity contribution in [3.63, 3.8) is 0 Å². The van der Waals surface area contributed by atoms with E-state index in [1.165, 1.54) is 12.6 Å². The molecule has 1 aromatic rings. The normalized spacial score (nSPS) is 11.1. The summed E-state index contributed by atoms with van der Waals surface area (Å²) in [6, 6.07) is 5.13. The van der Waals surface area contributed by atoms with E-state index in [4.69, 9.17) is 16.9 Å². The van der Waals surface area contributed by atoms with E-state index in [0.717, 1.165) is 6.34 Å². The summed E-state index contributed by atoms with van der Waals surface area (Å²) in [6.45, 7) is 0. The summed E-state index contributed by atoms with van der Waals surface area (Å²) in [7, 11) is 0. The van der Waals surface area contributed by atoms with E-state index in [9.17, 15) is 0 Å². The van der Waals surface area contributed by atoms with Crippen molar-refractivity contribution in [2.45, 2.75) is 0 Å². The van der Waals surface area contributed by atoms with E-state index in [1.807, 2.05) is 0 Å². The van der Waals surface area contributed by atoms with Gasteiger partial charge in [-0.05, 0) is 18.2 Å². The molecule has 0 aliphatic rings. The number of nitrogens with zero attached hydrogens (tertiary/aromatic N) is 2. The average molecular weight is 189 g/mol. The standard InChI is InChI=1S/C9H11N5/c10-4-7-3-8(1-2-9(7)12)14-6-13-5-11/h1-6,10H,12H2,(H2,11,13,14). The Balaban J connectivity index is 2.95. The molecule has 0 saturated carbocycles. The minimum atomic E-state index is 0.557. The summed E-state index contributed by atoms with van der Waals surface area (Å²) in [5.74, 6) is 0. The molecule has 1 rings (SSSR count). The van der Waals surface area contributed by atoms with Gasteiger partial charge in [0.25, 0.3) is 0 Å². The second-order valence-corrected chi connectivity index (χ2v) is 2.50. The van der Waals surface area contributed by atoms with Crippen LogP contribution in [0.25, 0.3) is 0 Å². The lowest BCUT2D eigenvalue weighted by molar-refractivity contribution is 1.48. The van der Waals surface area contributed by atoms with Gasteiger partial charge in [-0.3, -0.25) is 0 Å². The summed E-state index contributed by atoms with van der Waals surface area (Å²) in [5, 5.41) is 7.09. The predicted molar refractivity (Wildman–Crippen MR) is 59.6 cm³/mol. The Morgan fingerprint density at radius 2 is 2.14 bits per heavy atom. The summed E-state index contributed by atoms with van der Waals surface area (Å²) >= 11 is 0. The van der Waals surface area contributed by atoms with Crippen molar-refractivity contribution in [1.29, 1.82) is 5.41 Å². The third-order valence-corrected chi connectivity index (χ3v) is 1.59.